The number of carboxylic acid groups (broad SMARTS) is 1. The van der Waals surface area contributed by atoms with Gasteiger partial charge in [0, 0.05) is 5.92 Å². The molecule has 0 bridgehead atoms. The number of hydrogen-bond acceptors (Lipinski definition) is 5. The fourth-order valence-electron chi connectivity index (χ4n) is 0.902. The number of aromatic nitrogens is 2. The first-order valence-electron chi connectivity index (χ1n) is 4.79. The van der Waals surface area contributed by atoms with E-state index in [0.29, 0.717) is 11.7 Å². The maximum absolute atomic E-state index is 10.5. The van der Waals surface area contributed by atoms with Crippen molar-refractivity contribution in [3.05, 3.63) is 11.7 Å². The first-order chi connectivity index (χ1) is 7.00. The van der Waals surface area contributed by atoms with Gasteiger partial charge in [0.05, 0.1) is 6.54 Å². The third kappa shape index (κ3) is 3.32. The Morgan fingerprint density at radius 1 is 1.53 bits per heavy atom. The molecule has 1 heterocycles. The van der Waals surface area contributed by atoms with Crippen molar-refractivity contribution in [1.29, 1.82) is 0 Å². The summed E-state index contributed by atoms with van der Waals surface area (Å²) in [5.41, 5.74) is 0. The van der Waals surface area contributed by atoms with Crippen LogP contribution < -0.4 is 5.32 Å². The van der Waals surface area contributed by atoms with Gasteiger partial charge in [0.25, 0.3) is 0 Å². The molecule has 0 fully saturated rings. The van der Waals surface area contributed by atoms with Crippen LogP contribution in [0, 0.1) is 0 Å². The van der Waals surface area contributed by atoms with Crippen LogP contribution in [0.1, 0.15) is 38.4 Å². The summed E-state index contributed by atoms with van der Waals surface area (Å²) in [6.07, 6.45) is 0. The molecule has 84 valence electrons. The molecule has 0 aliphatic carbocycles. The largest absolute Gasteiger partial charge is 0.480 e. The predicted molar refractivity (Wildman–Crippen MR) is 52.3 cm³/mol. The zero-order chi connectivity index (χ0) is 11.4. The van der Waals surface area contributed by atoms with E-state index < -0.39 is 12.0 Å². The third-order valence-corrected chi connectivity index (χ3v) is 1.93. The van der Waals surface area contributed by atoms with Gasteiger partial charge in [-0.25, -0.2) is 0 Å². The molecule has 0 unspecified atom stereocenters. The minimum absolute atomic E-state index is 0.208. The maximum Gasteiger partial charge on any atom is 0.320 e. The second-order valence-corrected chi connectivity index (χ2v) is 3.64. The van der Waals surface area contributed by atoms with E-state index in [4.69, 9.17) is 9.63 Å². The van der Waals surface area contributed by atoms with Gasteiger partial charge in [0.1, 0.15) is 6.04 Å². The van der Waals surface area contributed by atoms with E-state index in [-0.39, 0.29) is 12.5 Å². The molecular weight excluding hydrogens is 198 g/mol. The third-order valence-electron chi connectivity index (χ3n) is 1.93. The zero-order valence-corrected chi connectivity index (χ0v) is 9.02. The second-order valence-electron chi connectivity index (χ2n) is 3.64. The monoisotopic (exact) mass is 213 g/mol. The molecule has 0 amide bonds. The molecule has 0 aliphatic heterocycles. The lowest BCUT2D eigenvalue weighted by Crippen LogP contribution is -2.33. The second kappa shape index (κ2) is 4.88. The van der Waals surface area contributed by atoms with Gasteiger partial charge in [-0.2, -0.15) is 4.98 Å². The highest BCUT2D eigenvalue weighted by atomic mass is 16.5. The topological polar surface area (TPSA) is 88.2 Å². The Bertz CT molecular complexity index is 335. The van der Waals surface area contributed by atoms with Crippen LogP contribution in [-0.4, -0.2) is 27.3 Å². The molecular formula is C9H15N3O3. The summed E-state index contributed by atoms with van der Waals surface area (Å²) < 4.78 is 4.94. The van der Waals surface area contributed by atoms with Crippen LogP contribution >= 0.6 is 0 Å². The fraction of sp³-hybridized carbons (Fsp3) is 0.667. The van der Waals surface area contributed by atoms with Crippen LogP contribution in [-0.2, 0) is 11.3 Å². The SMILES string of the molecule is CC(C)c1noc(CN[C@H](C)C(=O)O)n1. The minimum Gasteiger partial charge on any atom is -0.480 e. The Kier molecular flexibility index (Phi) is 3.79. The molecule has 6 heteroatoms. The number of rotatable bonds is 5. The van der Waals surface area contributed by atoms with Crippen molar-refractivity contribution in [3.8, 4) is 0 Å². The molecule has 1 atom stereocenters. The van der Waals surface area contributed by atoms with Crippen molar-refractivity contribution in [2.45, 2.75) is 39.3 Å². The number of carboxylic acids is 1. The lowest BCUT2D eigenvalue weighted by molar-refractivity contribution is -0.139. The first-order valence-corrected chi connectivity index (χ1v) is 4.79. The molecule has 6 nitrogen and oxygen atoms in total. The Morgan fingerprint density at radius 3 is 2.67 bits per heavy atom. The van der Waals surface area contributed by atoms with E-state index in [1.165, 1.54) is 0 Å². The van der Waals surface area contributed by atoms with E-state index in [0.717, 1.165) is 0 Å². The molecule has 0 radical (unpaired) electrons. The van der Waals surface area contributed by atoms with Gasteiger partial charge in [-0.15, -0.1) is 0 Å². The maximum atomic E-state index is 10.5. The lowest BCUT2D eigenvalue weighted by Gasteiger charge is -2.05. The van der Waals surface area contributed by atoms with Gasteiger partial charge in [0.15, 0.2) is 5.82 Å². The number of hydrogen-bond donors (Lipinski definition) is 2. The molecule has 15 heavy (non-hydrogen) atoms. The number of nitrogens with zero attached hydrogens (tertiary/aromatic N) is 2. The summed E-state index contributed by atoms with van der Waals surface area (Å²) in [6.45, 7) is 5.75. The average molecular weight is 213 g/mol. The van der Waals surface area contributed by atoms with Crippen LogP contribution in [0.2, 0.25) is 0 Å². The highest BCUT2D eigenvalue weighted by Crippen LogP contribution is 2.09. The Balaban J connectivity index is 2.47. The molecule has 0 aliphatic rings. The van der Waals surface area contributed by atoms with E-state index in [9.17, 15) is 4.79 Å². The van der Waals surface area contributed by atoms with Crippen molar-refractivity contribution >= 4 is 5.97 Å². The van der Waals surface area contributed by atoms with E-state index in [2.05, 4.69) is 15.5 Å². The molecule has 0 aromatic carbocycles. The zero-order valence-electron chi connectivity index (χ0n) is 9.02. The molecule has 2 N–H and O–H groups in total. The van der Waals surface area contributed by atoms with Gasteiger partial charge in [-0.1, -0.05) is 19.0 Å². The highest BCUT2D eigenvalue weighted by molar-refractivity contribution is 5.72. The van der Waals surface area contributed by atoms with E-state index in [1.807, 2.05) is 13.8 Å². The molecule has 1 rings (SSSR count). The lowest BCUT2D eigenvalue weighted by atomic mass is 10.2. The quantitative estimate of drug-likeness (QED) is 0.750. The molecule has 1 aromatic heterocycles. The van der Waals surface area contributed by atoms with Crippen LogP contribution in [0.15, 0.2) is 4.52 Å². The van der Waals surface area contributed by atoms with Gasteiger partial charge < -0.3 is 9.63 Å². The molecule has 0 spiro atoms. The summed E-state index contributed by atoms with van der Waals surface area (Å²) in [7, 11) is 0. The average Bonchev–Trinajstić information content (AvgIpc) is 2.62. The van der Waals surface area contributed by atoms with Gasteiger partial charge >= 0.3 is 5.97 Å². The summed E-state index contributed by atoms with van der Waals surface area (Å²) in [5, 5.41) is 15.1. The van der Waals surface area contributed by atoms with Crippen molar-refractivity contribution in [1.82, 2.24) is 15.5 Å². The Morgan fingerprint density at radius 2 is 2.20 bits per heavy atom. The summed E-state index contributed by atoms with van der Waals surface area (Å²) in [4.78, 5) is 14.6. The summed E-state index contributed by atoms with van der Waals surface area (Å²) in [6, 6.07) is -0.626. The number of aliphatic carboxylic acids is 1. The Labute approximate surface area is 87.7 Å². The molecule has 0 saturated heterocycles. The molecule has 1 aromatic rings. The van der Waals surface area contributed by atoms with Crippen LogP contribution in [0.4, 0.5) is 0 Å². The number of nitrogens with one attached hydrogen (secondary N) is 1. The number of carbonyl (C=O) groups is 1. The predicted octanol–water partition coefficient (Wildman–Crippen LogP) is 0.756. The van der Waals surface area contributed by atoms with E-state index >= 15 is 0 Å². The minimum atomic E-state index is -0.904. The van der Waals surface area contributed by atoms with Crippen LogP contribution in [0.25, 0.3) is 0 Å². The van der Waals surface area contributed by atoms with Crippen molar-refractivity contribution in [2.75, 3.05) is 0 Å². The van der Waals surface area contributed by atoms with E-state index in [1.54, 1.807) is 6.92 Å². The normalized spacial score (nSPS) is 13.1. The Hall–Kier alpha value is -1.43. The van der Waals surface area contributed by atoms with Gasteiger partial charge in [-0.05, 0) is 6.92 Å². The van der Waals surface area contributed by atoms with Crippen molar-refractivity contribution < 1.29 is 14.4 Å². The van der Waals surface area contributed by atoms with Gasteiger partial charge in [0.2, 0.25) is 5.89 Å². The smallest absolute Gasteiger partial charge is 0.320 e. The van der Waals surface area contributed by atoms with Crippen LogP contribution in [0.3, 0.4) is 0 Å². The summed E-state index contributed by atoms with van der Waals surface area (Å²) >= 11 is 0. The fourth-order valence-corrected chi connectivity index (χ4v) is 0.902. The van der Waals surface area contributed by atoms with Crippen LogP contribution in [0.5, 0.6) is 0 Å². The summed E-state index contributed by atoms with van der Waals surface area (Å²) in [5.74, 6) is 0.347. The van der Waals surface area contributed by atoms with Gasteiger partial charge in [-0.3, -0.25) is 10.1 Å². The first kappa shape index (κ1) is 11.6. The highest BCUT2D eigenvalue weighted by Gasteiger charge is 2.13. The molecule has 0 saturated carbocycles. The van der Waals surface area contributed by atoms with Crippen molar-refractivity contribution in [3.63, 3.8) is 0 Å². The standard InChI is InChI=1S/C9H15N3O3/c1-5(2)8-11-7(15-12-8)4-10-6(3)9(13)14/h5-6,10H,4H2,1-3H3,(H,13,14)/t6-/m1/s1. The van der Waals surface area contributed by atoms with Crippen molar-refractivity contribution in [2.24, 2.45) is 0 Å².